The lowest BCUT2D eigenvalue weighted by Crippen LogP contribution is -2.18. The molecule has 2 heterocycles. The Kier molecular flexibility index (Phi) is 4.75. The van der Waals surface area contributed by atoms with Gasteiger partial charge in [-0.2, -0.15) is 9.61 Å². The summed E-state index contributed by atoms with van der Waals surface area (Å²) in [5, 5.41) is 12.9. The largest absolute Gasteiger partial charge is 0.468 e. The quantitative estimate of drug-likeness (QED) is 0.522. The molecule has 8 heteroatoms. The van der Waals surface area contributed by atoms with Crippen LogP contribution in [0.4, 0.5) is 4.39 Å². The molecule has 24 heavy (non-hydrogen) atoms. The molecule has 0 fully saturated rings. The van der Waals surface area contributed by atoms with E-state index in [-0.39, 0.29) is 17.0 Å². The zero-order valence-electron chi connectivity index (χ0n) is 13.1. The monoisotopic (exact) mass is 346 g/mol. The van der Waals surface area contributed by atoms with E-state index >= 15 is 0 Å². The number of ether oxygens (including phenoxy) is 1. The highest BCUT2D eigenvalue weighted by atomic mass is 32.2. The molecule has 0 aliphatic rings. The van der Waals surface area contributed by atoms with Gasteiger partial charge in [-0.25, -0.2) is 4.39 Å². The van der Waals surface area contributed by atoms with Crippen molar-refractivity contribution in [1.29, 1.82) is 0 Å². The number of rotatable bonds is 5. The Bertz CT molecular complexity index is 883. The third-order valence-corrected chi connectivity index (χ3v) is 4.69. The van der Waals surface area contributed by atoms with Gasteiger partial charge >= 0.3 is 5.97 Å². The van der Waals surface area contributed by atoms with Crippen molar-refractivity contribution in [1.82, 2.24) is 19.8 Å². The first kappa shape index (κ1) is 16.4. The molecule has 0 saturated carbocycles. The average Bonchev–Trinajstić information content (AvgIpc) is 3.02. The number of halogens is 1. The minimum Gasteiger partial charge on any atom is -0.468 e. The SMILES string of the molecule is CC[C@H](Sc1ccc2nnc(-c3cccc(F)c3)n2n1)C(=O)OC. The van der Waals surface area contributed by atoms with E-state index in [1.165, 1.54) is 31.0 Å². The number of carbonyl (C=O) groups is 1. The summed E-state index contributed by atoms with van der Waals surface area (Å²) in [6.45, 7) is 1.91. The smallest absolute Gasteiger partial charge is 0.319 e. The van der Waals surface area contributed by atoms with Crippen molar-refractivity contribution in [2.24, 2.45) is 0 Å². The first-order chi connectivity index (χ1) is 11.6. The molecule has 2 aromatic heterocycles. The summed E-state index contributed by atoms with van der Waals surface area (Å²) in [6, 6.07) is 9.62. The van der Waals surface area contributed by atoms with Crippen molar-refractivity contribution in [2.45, 2.75) is 23.6 Å². The van der Waals surface area contributed by atoms with Gasteiger partial charge in [0.05, 0.1) is 7.11 Å². The summed E-state index contributed by atoms with van der Waals surface area (Å²) in [7, 11) is 1.37. The summed E-state index contributed by atoms with van der Waals surface area (Å²) in [5.41, 5.74) is 1.13. The number of aromatic nitrogens is 4. The van der Waals surface area contributed by atoms with E-state index in [1.807, 2.05) is 6.92 Å². The number of hydrogen-bond donors (Lipinski definition) is 0. The van der Waals surface area contributed by atoms with Crippen LogP contribution in [0, 0.1) is 5.82 Å². The molecule has 0 spiro atoms. The van der Waals surface area contributed by atoms with Gasteiger partial charge in [0.1, 0.15) is 16.1 Å². The predicted molar refractivity (Wildman–Crippen MR) is 88.1 cm³/mol. The fraction of sp³-hybridized carbons (Fsp3) is 0.250. The topological polar surface area (TPSA) is 69.4 Å². The fourth-order valence-corrected chi connectivity index (χ4v) is 3.14. The van der Waals surface area contributed by atoms with Gasteiger partial charge in [-0.15, -0.1) is 10.2 Å². The predicted octanol–water partition coefficient (Wildman–Crippen LogP) is 2.97. The molecule has 0 aliphatic carbocycles. The summed E-state index contributed by atoms with van der Waals surface area (Å²) in [6.07, 6.45) is 0.621. The molecule has 0 N–H and O–H groups in total. The van der Waals surface area contributed by atoms with Crippen LogP contribution in [0.1, 0.15) is 13.3 Å². The second-order valence-electron chi connectivity index (χ2n) is 5.01. The van der Waals surface area contributed by atoms with Crippen LogP contribution < -0.4 is 0 Å². The number of hydrogen-bond acceptors (Lipinski definition) is 6. The fourth-order valence-electron chi connectivity index (χ4n) is 2.22. The maximum atomic E-state index is 13.5. The zero-order chi connectivity index (χ0) is 17.1. The zero-order valence-corrected chi connectivity index (χ0v) is 14.0. The standard InChI is InChI=1S/C16H15FN4O2S/c1-3-12(16(22)23-2)24-14-8-7-13-18-19-15(21(13)20-14)10-5-4-6-11(17)9-10/h4-9,12H,3H2,1-2H3/t12-/m0/s1. The van der Waals surface area contributed by atoms with Crippen LogP contribution >= 0.6 is 11.8 Å². The summed E-state index contributed by atoms with van der Waals surface area (Å²) in [4.78, 5) is 11.7. The van der Waals surface area contributed by atoms with Gasteiger partial charge in [0.2, 0.25) is 0 Å². The Balaban J connectivity index is 1.98. The number of fused-ring (bicyclic) bond motifs is 1. The number of nitrogens with zero attached hydrogens (tertiary/aromatic N) is 4. The van der Waals surface area contributed by atoms with Crippen LogP contribution in [0.3, 0.4) is 0 Å². The Morgan fingerprint density at radius 1 is 1.33 bits per heavy atom. The highest BCUT2D eigenvalue weighted by Crippen LogP contribution is 2.26. The van der Waals surface area contributed by atoms with Gasteiger partial charge in [0.15, 0.2) is 11.5 Å². The normalized spacial score (nSPS) is 12.3. The van der Waals surface area contributed by atoms with Gasteiger partial charge in [0.25, 0.3) is 0 Å². The van der Waals surface area contributed by atoms with E-state index in [4.69, 9.17) is 4.74 Å². The van der Waals surface area contributed by atoms with E-state index < -0.39 is 0 Å². The van der Waals surface area contributed by atoms with Crippen molar-refractivity contribution < 1.29 is 13.9 Å². The highest BCUT2D eigenvalue weighted by Gasteiger charge is 2.20. The van der Waals surface area contributed by atoms with Crippen molar-refractivity contribution in [3.63, 3.8) is 0 Å². The summed E-state index contributed by atoms with van der Waals surface area (Å²) in [5.74, 6) is -0.205. The van der Waals surface area contributed by atoms with Crippen LogP contribution in [-0.4, -0.2) is 38.1 Å². The van der Waals surface area contributed by atoms with Crippen molar-refractivity contribution in [3.05, 3.63) is 42.2 Å². The van der Waals surface area contributed by atoms with E-state index in [1.54, 1.807) is 28.8 Å². The number of esters is 1. The number of benzene rings is 1. The van der Waals surface area contributed by atoms with Crippen molar-refractivity contribution in [3.8, 4) is 11.4 Å². The molecular formula is C16H15FN4O2S. The molecule has 1 aromatic carbocycles. The van der Waals surface area contributed by atoms with Crippen LogP contribution in [0.25, 0.3) is 17.0 Å². The Labute approximate surface area is 142 Å². The maximum absolute atomic E-state index is 13.5. The lowest BCUT2D eigenvalue weighted by molar-refractivity contribution is -0.140. The molecule has 0 bridgehead atoms. The molecule has 1 atom stereocenters. The molecule has 3 rings (SSSR count). The molecule has 0 aliphatic heterocycles. The second-order valence-corrected chi connectivity index (χ2v) is 6.24. The minimum absolute atomic E-state index is 0.293. The van der Waals surface area contributed by atoms with Gasteiger partial charge in [-0.3, -0.25) is 4.79 Å². The summed E-state index contributed by atoms with van der Waals surface area (Å²) >= 11 is 1.31. The first-order valence-electron chi connectivity index (χ1n) is 7.35. The number of methoxy groups -OCH3 is 1. The van der Waals surface area contributed by atoms with Crippen LogP contribution in [0.15, 0.2) is 41.4 Å². The van der Waals surface area contributed by atoms with E-state index in [9.17, 15) is 9.18 Å². The van der Waals surface area contributed by atoms with E-state index in [2.05, 4.69) is 15.3 Å². The van der Waals surface area contributed by atoms with Gasteiger partial charge < -0.3 is 4.74 Å². The third-order valence-electron chi connectivity index (χ3n) is 3.42. The van der Waals surface area contributed by atoms with Gasteiger partial charge in [0, 0.05) is 5.56 Å². The molecule has 124 valence electrons. The average molecular weight is 346 g/mol. The number of carbonyl (C=O) groups excluding carboxylic acids is 1. The summed E-state index contributed by atoms with van der Waals surface area (Å²) < 4.78 is 19.8. The maximum Gasteiger partial charge on any atom is 0.319 e. The molecule has 0 unspecified atom stereocenters. The molecule has 0 radical (unpaired) electrons. The first-order valence-corrected chi connectivity index (χ1v) is 8.23. The number of thioether (sulfide) groups is 1. The van der Waals surface area contributed by atoms with Gasteiger partial charge in [-0.05, 0) is 30.7 Å². The van der Waals surface area contributed by atoms with Crippen LogP contribution in [0.2, 0.25) is 0 Å². The highest BCUT2D eigenvalue weighted by molar-refractivity contribution is 8.00. The molecule has 3 aromatic rings. The Hall–Kier alpha value is -2.48. The molecule has 6 nitrogen and oxygen atoms in total. The van der Waals surface area contributed by atoms with Crippen LogP contribution in [-0.2, 0) is 9.53 Å². The molecule has 0 saturated heterocycles. The van der Waals surface area contributed by atoms with E-state index in [0.29, 0.717) is 28.5 Å². The van der Waals surface area contributed by atoms with E-state index in [0.717, 1.165) is 0 Å². The van der Waals surface area contributed by atoms with Crippen molar-refractivity contribution in [2.75, 3.05) is 7.11 Å². The minimum atomic E-state index is -0.355. The van der Waals surface area contributed by atoms with Gasteiger partial charge in [-0.1, -0.05) is 30.8 Å². The lowest BCUT2D eigenvalue weighted by Gasteiger charge is -2.11. The Morgan fingerprint density at radius 2 is 2.17 bits per heavy atom. The third kappa shape index (κ3) is 3.23. The lowest BCUT2D eigenvalue weighted by atomic mass is 10.2. The van der Waals surface area contributed by atoms with Crippen molar-refractivity contribution >= 4 is 23.4 Å². The second kappa shape index (κ2) is 6.96. The molecular weight excluding hydrogens is 331 g/mol. The Morgan fingerprint density at radius 3 is 2.88 bits per heavy atom. The molecule has 0 amide bonds. The van der Waals surface area contributed by atoms with Crippen LogP contribution in [0.5, 0.6) is 0 Å².